The minimum atomic E-state index is -0.603. The average Bonchev–Trinajstić information content (AvgIpc) is 2.94. The van der Waals surface area contributed by atoms with E-state index in [1.165, 1.54) is 25.7 Å². The van der Waals surface area contributed by atoms with Gasteiger partial charge in [0.25, 0.3) is 0 Å². The SMILES string of the molecule is CCCC1(CCC)CN(C2(C(=O)O)CC2)C1. The van der Waals surface area contributed by atoms with Crippen LogP contribution in [0, 0.1) is 5.41 Å². The molecule has 0 aromatic heterocycles. The van der Waals surface area contributed by atoms with Crippen LogP contribution in [0.4, 0.5) is 0 Å². The van der Waals surface area contributed by atoms with Crippen molar-refractivity contribution < 1.29 is 9.90 Å². The maximum Gasteiger partial charge on any atom is 0.324 e. The number of rotatable bonds is 6. The summed E-state index contributed by atoms with van der Waals surface area (Å²) in [5.41, 5.74) is -0.0144. The predicted octanol–water partition coefficient (Wildman–Crippen LogP) is 2.51. The molecule has 16 heavy (non-hydrogen) atoms. The van der Waals surface area contributed by atoms with Gasteiger partial charge < -0.3 is 5.11 Å². The molecule has 2 aliphatic rings. The highest BCUT2D eigenvalue weighted by Crippen LogP contribution is 2.51. The van der Waals surface area contributed by atoms with Crippen LogP contribution < -0.4 is 0 Å². The highest BCUT2D eigenvalue weighted by Gasteiger charge is 2.61. The third-order valence-electron chi connectivity index (χ3n) is 4.34. The van der Waals surface area contributed by atoms with Gasteiger partial charge in [-0.15, -0.1) is 0 Å². The Morgan fingerprint density at radius 1 is 1.19 bits per heavy atom. The average molecular weight is 225 g/mol. The van der Waals surface area contributed by atoms with Crippen LogP contribution in [0.5, 0.6) is 0 Å². The Morgan fingerprint density at radius 2 is 1.69 bits per heavy atom. The van der Waals surface area contributed by atoms with Crippen LogP contribution in [0.3, 0.4) is 0 Å². The Bertz CT molecular complexity index is 270. The second kappa shape index (κ2) is 4.02. The lowest BCUT2D eigenvalue weighted by molar-refractivity contribution is -0.153. The molecule has 0 bridgehead atoms. The molecule has 0 spiro atoms. The Labute approximate surface area is 97.8 Å². The highest BCUT2D eigenvalue weighted by molar-refractivity contribution is 5.82. The molecule has 1 heterocycles. The number of hydrogen-bond donors (Lipinski definition) is 1. The molecule has 3 nitrogen and oxygen atoms in total. The van der Waals surface area contributed by atoms with Crippen LogP contribution >= 0.6 is 0 Å². The number of aliphatic carboxylic acids is 1. The molecule has 0 unspecified atom stereocenters. The van der Waals surface area contributed by atoms with E-state index in [0.717, 1.165) is 25.9 Å². The number of hydrogen-bond acceptors (Lipinski definition) is 2. The number of carboxylic acids is 1. The van der Waals surface area contributed by atoms with Crippen molar-refractivity contribution in [3.05, 3.63) is 0 Å². The standard InChI is InChI=1S/C13H23NO2/c1-3-5-12(6-4-2)9-14(10-12)13(7-8-13)11(15)16/h3-10H2,1-2H3,(H,15,16). The number of likely N-dealkylation sites (tertiary alicyclic amines) is 1. The zero-order chi connectivity index (χ0) is 11.8. The van der Waals surface area contributed by atoms with E-state index >= 15 is 0 Å². The second-order valence-electron chi connectivity index (χ2n) is 5.69. The molecule has 1 aliphatic heterocycles. The first-order valence-electron chi connectivity index (χ1n) is 6.57. The first-order chi connectivity index (χ1) is 7.58. The molecule has 1 saturated heterocycles. The third kappa shape index (κ3) is 1.75. The molecule has 1 saturated carbocycles. The smallest absolute Gasteiger partial charge is 0.324 e. The molecule has 1 aliphatic carbocycles. The molecule has 0 amide bonds. The fourth-order valence-corrected chi connectivity index (χ4v) is 3.35. The van der Waals surface area contributed by atoms with E-state index in [2.05, 4.69) is 18.7 Å². The molecule has 0 radical (unpaired) electrons. The summed E-state index contributed by atoms with van der Waals surface area (Å²) in [5, 5.41) is 9.23. The molecule has 2 rings (SSSR count). The maximum atomic E-state index is 11.2. The van der Waals surface area contributed by atoms with Crippen molar-refractivity contribution in [1.29, 1.82) is 0 Å². The summed E-state index contributed by atoms with van der Waals surface area (Å²) in [6, 6.07) is 0. The van der Waals surface area contributed by atoms with Gasteiger partial charge in [0.1, 0.15) is 5.54 Å². The minimum Gasteiger partial charge on any atom is -0.480 e. The first kappa shape index (κ1) is 11.9. The molecular weight excluding hydrogens is 202 g/mol. The summed E-state index contributed by atoms with van der Waals surface area (Å²) in [6.45, 7) is 6.48. The van der Waals surface area contributed by atoms with Crippen molar-refractivity contribution in [3.63, 3.8) is 0 Å². The van der Waals surface area contributed by atoms with E-state index in [1.807, 2.05) is 0 Å². The summed E-state index contributed by atoms with van der Waals surface area (Å²) >= 11 is 0. The van der Waals surface area contributed by atoms with Crippen LogP contribution in [0.2, 0.25) is 0 Å². The van der Waals surface area contributed by atoms with Crippen LogP contribution in [-0.4, -0.2) is 34.6 Å². The van der Waals surface area contributed by atoms with E-state index in [-0.39, 0.29) is 0 Å². The van der Waals surface area contributed by atoms with E-state index in [0.29, 0.717) is 5.41 Å². The third-order valence-corrected chi connectivity index (χ3v) is 4.34. The van der Waals surface area contributed by atoms with Gasteiger partial charge in [-0.2, -0.15) is 0 Å². The maximum absolute atomic E-state index is 11.2. The quantitative estimate of drug-likeness (QED) is 0.755. The number of carboxylic acid groups (broad SMARTS) is 1. The van der Waals surface area contributed by atoms with Gasteiger partial charge in [-0.3, -0.25) is 9.69 Å². The number of carbonyl (C=O) groups is 1. The van der Waals surface area contributed by atoms with Gasteiger partial charge in [0.2, 0.25) is 0 Å². The monoisotopic (exact) mass is 225 g/mol. The largest absolute Gasteiger partial charge is 0.480 e. The van der Waals surface area contributed by atoms with Crippen molar-refractivity contribution >= 4 is 5.97 Å². The van der Waals surface area contributed by atoms with E-state index in [1.54, 1.807) is 0 Å². The predicted molar refractivity (Wildman–Crippen MR) is 63.4 cm³/mol. The second-order valence-corrected chi connectivity index (χ2v) is 5.69. The molecule has 0 atom stereocenters. The Morgan fingerprint density at radius 3 is 2.00 bits per heavy atom. The summed E-state index contributed by atoms with van der Waals surface area (Å²) < 4.78 is 0. The molecule has 0 aromatic carbocycles. The van der Waals surface area contributed by atoms with Gasteiger partial charge in [-0.1, -0.05) is 26.7 Å². The molecule has 3 heteroatoms. The van der Waals surface area contributed by atoms with Gasteiger partial charge in [0.15, 0.2) is 0 Å². The van der Waals surface area contributed by atoms with Crippen molar-refractivity contribution in [3.8, 4) is 0 Å². The zero-order valence-corrected chi connectivity index (χ0v) is 10.5. The molecular formula is C13H23NO2. The fourth-order valence-electron chi connectivity index (χ4n) is 3.35. The fraction of sp³-hybridized carbons (Fsp3) is 0.923. The van der Waals surface area contributed by atoms with E-state index in [9.17, 15) is 9.90 Å². The minimum absolute atomic E-state index is 0.439. The topological polar surface area (TPSA) is 40.5 Å². The Hall–Kier alpha value is -0.570. The Balaban J connectivity index is 1.94. The van der Waals surface area contributed by atoms with Crippen molar-refractivity contribution in [2.45, 2.75) is 57.9 Å². The van der Waals surface area contributed by atoms with Gasteiger partial charge >= 0.3 is 5.97 Å². The normalized spacial score (nSPS) is 26.1. The van der Waals surface area contributed by atoms with Crippen molar-refractivity contribution in [2.24, 2.45) is 5.41 Å². The van der Waals surface area contributed by atoms with Crippen molar-refractivity contribution in [1.82, 2.24) is 4.90 Å². The van der Waals surface area contributed by atoms with Crippen LogP contribution in [-0.2, 0) is 4.79 Å². The van der Waals surface area contributed by atoms with Gasteiger partial charge in [0, 0.05) is 13.1 Å². The molecule has 2 fully saturated rings. The molecule has 0 aromatic rings. The van der Waals surface area contributed by atoms with Crippen LogP contribution in [0.1, 0.15) is 52.4 Å². The lowest BCUT2D eigenvalue weighted by atomic mass is 9.71. The summed E-state index contributed by atoms with van der Waals surface area (Å²) in [7, 11) is 0. The lowest BCUT2D eigenvalue weighted by Crippen LogP contribution is -2.62. The Kier molecular flexibility index (Phi) is 2.99. The summed E-state index contributed by atoms with van der Waals surface area (Å²) in [6.07, 6.45) is 6.66. The molecule has 92 valence electrons. The lowest BCUT2D eigenvalue weighted by Gasteiger charge is -2.53. The zero-order valence-electron chi connectivity index (χ0n) is 10.5. The van der Waals surface area contributed by atoms with Gasteiger partial charge in [-0.05, 0) is 31.1 Å². The summed E-state index contributed by atoms with van der Waals surface area (Å²) in [4.78, 5) is 13.4. The van der Waals surface area contributed by atoms with Crippen LogP contribution in [0.15, 0.2) is 0 Å². The molecule has 1 N–H and O–H groups in total. The summed E-state index contributed by atoms with van der Waals surface area (Å²) in [5.74, 6) is -0.603. The van der Waals surface area contributed by atoms with E-state index < -0.39 is 11.5 Å². The van der Waals surface area contributed by atoms with Crippen molar-refractivity contribution in [2.75, 3.05) is 13.1 Å². The van der Waals surface area contributed by atoms with Crippen LogP contribution in [0.25, 0.3) is 0 Å². The first-order valence-corrected chi connectivity index (χ1v) is 6.57. The highest BCUT2D eigenvalue weighted by atomic mass is 16.4. The van der Waals surface area contributed by atoms with E-state index in [4.69, 9.17) is 0 Å². The number of nitrogens with zero attached hydrogens (tertiary/aromatic N) is 1. The van der Waals surface area contributed by atoms with Gasteiger partial charge in [-0.25, -0.2) is 0 Å². The van der Waals surface area contributed by atoms with Gasteiger partial charge in [0.05, 0.1) is 0 Å².